The first-order valence-electron chi connectivity index (χ1n) is 6.35. The molecule has 5 heteroatoms. The molecule has 108 valence electrons. The second-order valence-corrected chi connectivity index (χ2v) is 4.94. The minimum atomic E-state index is -1.02. The minimum Gasteiger partial charge on any atom is -0.478 e. The van der Waals surface area contributed by atoms with Crippen molar-refractivity contribution in [3.05, 3.63) is 41.0 Å². The minimum absolute atomic E-state index is 0.310. The standard InChI is InChI=1S/C15H17BrO4/c1-2-20-15(19)13-9-11(4-3-7-16)8-12(10-13)5-6-14(17)18/h5-6,8-10H,2-4,7H2,1H3,(H,17,18)/b6-5+. The van der Waals surface area contributed by atoms with Crippen molar-refractivity contribution in [2.75, 3.05) is 11.9 Å². The molecule has 0 aliphatic carbocycles. The molecule has 0 unspecified atom stereocenters. The summed E-state index contributed by atoms with van der Waals surface area (Å²) in [4.78, 5) is 22.4. The fraction of sp³-hybridized carbons (Fsp3) is 0.333. The Morgan fingerprint density at radius 1 is 1.35 bits per heavy atom. The lowest BCUT2D eigenvalue weighted by Crippen LogP contribution is -2.06. The number of ether oxygens (including phenoxy) is 1. The van der Waals surface area contributed by atoms with Crippen molar-refractivity contribution in [2.24, 2.45) is 0 Å². The van der Waals surface area contributed by atoms with Gasteiger partial charge < -0.3 is 9.84 Å². The number of halogens is 1. The smallest absolute Gasteiger partial charge is 0.338 e. The van der Waals surface area contributed by atoms with Gasteiger partial charge in [-0.2, -0.15) is 0 Å². The van der Waals surface area contributed by atoms with E-state index in [-0.39, 0.29) is 0 Å². The maximum Gasteiger partial charge on any atom is 0.338 e. The number of hydrogen-bond donors (Lipinski definition) is 1. The van der Waals surface area contributed by atoms with Crippen molar-refractivity contribution in [1.29, 1.82) is 0 Å². The summed E-state index contributed by atoms with van der Waals surface area (Å²) >= 11 is 3.36. The van der Waals surface area contributed by atoms with E-state index in [2.05, 4.69) is 15.9 Å². The van der Waals surface area contributed by atoms with Gasteiger partial charge in [-0.25, -0.2) is 9.59 Å². The second-order valence-electron chi connectivity index (χ2n) is 4.15. The van der Waals surface area contributed by atoms with Crippen molar-refractivity contribution in [1.82, 2.24) is 0 Å². The van der Waals surface area contributed by atoms with Crippen LogP contribution in [-0.2, 0) is 16.0 Å². The van der Waals surface area contributed by atoms with Crippen molar-refractivity contribution in [2.45, 2.75) is 19.8 Å². The molecule has 0 bridgehead atoms. The summed E-state index contributed by atoms with van der Waals surface area (Å²) in [5.74, 6) is -1.41. The van der Waals surface area contributed by atoms with Gasteiger partial charge in [0.25, 0.3) is 0 Å². The summed E-state index contributed by atoms with van der Waals surface area (Å²) in [6.07, 6.45) is 4.28. The van der Waals surface area contributed by atoms with Gasteiger partial charge in [0.05, 0.1) is 12.2 Å². The first-order valence-corrected chi connectivity index (χ1v) is 7.47. The van der Waals surface area contributed by atoms with Gasteiger partial charge in [-0.15, -0.1) is 0 Å². The van der Waals surface area contributed by atoms with Gasteiger partial charge in [0.2, 0.25) is 0 Å². The van der Waals surface area contributed by atoms with Gasteiger partial charge in [-0.05, 0) is 49.1 Å². The molecule has 0 fully saturated rings. The maximum atomic E-state index is 11.8. The number of hydrogen-bond acceptors (Lipinski definition) is 3. The largest absolute Gasteiger partial charge is 0.478 e. The van der Waals surface area contributed by atoms with E-state index in [1.165, 1.54) is 6.08 Å². The lowest BCUT2D eigenvalue weighted by Gasteiger charge is -2.07. The fourth-order valence-electron chi connectivity index (χ4n) is 1.73. The molecule has 0 aromatic heterocycles. The molecule has 0 aliphatic heterocycles. The van der Waals surface area contributed by atoms with Gasteiger partial charge >= 0.3 is 11.9 Å². The topological polar surface area (TPSA) is 63.6 Å². The SMILES string of the molecule is CCOC(=O)c1cc(/C=C/C(=O)O)cc(CCCBr)c1. The number of carboxylic acid groups (broad SMARTS) is 1. The number of rotatable bonds is 7. The molecular formula is C15H17BrO4. The van der Waals surface area contributed by atoms with Gasteiger partial charge in [0.1, 0.15) is 0 Å². The monoisotopic (exact) mass is 340 g/mol. The number of carboxylic acids is 1. The molecule has 0 amide bonds. The van der Waals surface area contributed by atoms with Crippen LogP contribution in [0.5, 0.6) is 0 Å². The highest BCUT2D eigenvalue weighted by Crippen LogP contribution is 2.15. The van der Waals surface area contributed by atoms with Crippen molar-refractivity contribution >= 4 is 33.9 Å². The molecule has 0 atom stereocenters. The molecule has 20 heavy (non-hydrogen) atoms. The lowest BCUT2D eigenvalue weighted by molar-refractivity contribution is -0.131. The van der Waals surface area contributed by atoms with Crippen LogP contribution < -0.4 is 0 Å². The van der Waals surface area contributed by atoms with Crippen LogP contribution in [0.4, 0.5) is 0 Å². The zero-order valence-corrected chi connectivity index (χ0v) is 12.9. The van der Waals surface area contributed by atoms with Crippen molar-refractivity contribution < 1.29 is 19.4 Å². The Balaban J connectivity index is 3.06. The van der Waals surface area contributed by atoms with Crippen molar-refractivity contribution in [3.63, 3.8) is 0 Å². The zero-order chi connectivity index (χ0) is 15.0. The number of benzene rings is 1. The van der Waals surface area contributed by atoms with Gasteiger partial charge in [-0.3, -0.25) is 0 Å². The molecule has 1 aromatic carbocycles. The van der Waals surface area contributed by atoms with Gasteiger partial charge in [0.15, 0.2) is 0 Å². The van der Waals surface area contributed by atoms with E-state index in [1.807, 2.05) is 6.07 Å². The Labute approximate surface area is 126 Å². The Morgan fingerprint density at radius 3 is 2.70 bits per heavy atom. The molecule has 1 N–H and O–H groups in total. The summed E-state index contributed by atoms with van der Waals surface area (Å²) in [6, 6.07) is 5.30. The molecule has 0 radical (unpaired) electrons. The second kappa shape index (κ2) is 8.53. The van der Waals surface area contributed by atoms with Crippen LogP contribution in [0.2, 0.25) is 0 Å². The summed E-state index contributed by atoms with van der Waals surface area (Å²) < 4.78 is 4.98. The molecule has 0 spiro atoms. The van der Waals surface area contributed by atoms with Crippen LogP contribution in [0, 0.1) is 0 Å². The number of alkyl halides is 1. The van der Waals surface area contributed by atoms with Crippen molar-refractivity contribution in [3.8, 4) is 0 Å². The van der Waals surface area contributed by atoms with Crippen LogP contribution in [-0.4, -0.2) is 29.0 Å². The van der Waals surface area contributed by atoms with E-state index >= 15 is 0 Å². The molecule has 1 rings (SSSR count). The predicted molar refractivity (Wildman–Crippen MR) is 81.2 cm³/mol. The van der Waals surface area contributed by atoms with Gasteiger partial charge in [0, 0.05) is 11.4 Å². The molecule has 1 aromatic rings. The predicted octanol–water partition coefficient (Wildman–Crippen LogP) is 3.29. The number of carbonyl (C=O) groups is 2. The maximum absolute atomic E-state index is 11.8. The Kier molecular flexibility index (Phi) is 7.01. The summed E-state index contributed by atoms with van der Waals surface area (Å²) in [5, 5.41) is 9.54. The summed E-state index contributed by atoms with van der Waals surface area (Å²) in [6.45, 7) is 2.06. The lowest BCUT2D eigenvalue weighted by atomic mass is 10.0. The van der Waals surface area contributed by atoms with E-state index < -0.39 is 11.9 Å². The van der Waals surface area contributed by atoms with E-state index in [9.17, 15) is 9.59 Å². The summed E-state index contributed by atoms with van der Waals surface area (Å²) in [5.41, 5.74) is 2.12. The van der Waals surface area contributed by atoms with Crippen LogP contribution in [0.1, 0.15) is 34.8 Å². The third-order valence-corrected chi connectivity index (χ3v) is 3.10. The highest BCUT2D eigenvalue weighted by Gasteiger charge is 2.09. The third kappa shape index (κ3) is 5.57. The van der Waals surface area contributed by atoms with Crippen LogP contribution in [0.25, 0.3) is 6.08 Å². The highest BCUT2D eigenvalue weighted by atomic mass is 79.9. The fourth-order valence-corrected chi connectivity index (χ4v) is 2.01. The summed E-state index contributed by atoms with van der Waals surface area (Å²) in [7, 11) is 0. The van der Waals surface area contributed by atoms with Crippen LogP contribution >= 0.6 is 15.9 Å². The normalized spacial score (nSPS) is 10.7. The molecular weight excluding hydrogens is 324 g/mol. The van der Waals surface area contributed by atoms with E-state index in [0.717, 1.165) is 29.8 Å². The Bertz CT molecular complexity index is 509. The zero-order valence-electron chi connectivity index (χ0n) is 11.3. The van der Waals surface area contributed by atoms with E-state index in [1.54, 1.807) is 19.1 Å². The molecule has 4 nitrogen and oxygen atoms in total. The Hall–Kier alpha value is -1.62. The average Bonchev–Trinajstić information content (AvgIpc) is 2.43. The van der Waals surface area contributed by atoms with E-state index in [4.69, 9.17) is 9.84 Å². The quantitative estimate of drug-likeness (QED) is 0.470. The van der Waals surface area contributed by atoms with Crippen LogP contribution in [0.15, 0.2) is 24.3 Å². The first kappa shape index (κ1) is 16.4. The Morgan fingerprint density at radius 2 is 2.10 bits per heavy atom. The number of aliphatic carboxylic acids is 1. The van der Waals surface area contributed by atoms with Gasteiger partial charge in [-0.1, -0.05) is 22.0 Å². The third-order valence-electron chi connectivity index (χ3n) is 2.54. The molecule has 0 saturated heterocycles. The first-order chi connectivity index (χ1) is 9.56. The number of aryl methyl sites for hydroxylation is 1. The average molecular weight is 341 g/mol. The molecule has 0 saturated carbocycles. The molecule has 0 heterocycles. The number of esters is 1. The van der Waals surface area contributed by atoms with Crippen LogP contribution in [0.3, 0.4) is 0 Å². The highest BCUT2D eigenvalue weighted by molar-refractivity contribution is 9.09. The van der Waals surface area contributed by atoms with E-state index in [0.29, 0.717) is 17.7 Å². The number of carbonyl (C=O) groups excluding carboxylic acids is 1. The molecule has 0 aliphatic rings.